The second-order valence-corrected chi connectivity index (χ2v) is 7.78. The molecule has 2 amide bonds. The maximum Gasteiger partial charge on any atom is 0.290 e. The van der Waals surface area contributed by atoms with Gasteiger partial charge in [0, 0.05) is 48.9 Å². The number of carbonyl (C=O) groups is 2. The molecule has 29 heavy (non-hydrogen) atoms. The molecule has 1 aliphatic rings. The van der Waals surface area contributed by atoms with Crippen molar-refractivity contribution in [2.24, 2.45) is 0 Å². The predicted molar refractivity (Wildman–Crippen MR) is 111 cm³/mol. The molecule has 0 unspecified atom stereocenters. The first-order valence-electron chi connectivity index (χ1n) is 9.91. The molecule has 0 saturated carbocycles. The number of pyridine rings is 1. The van der Waals surface area contributed by atoms with Crippen LogP contribution in [0.5, 0.6) is 0 Å². The van der Waals surface area contributed by atoms with Crippen molar-refractivity contribution in [3.8, 4) is 0 Å². The minimum Gasteiger partial charge on any atom is -0.450 e. The highest BCUT2D eigenvalue weighted by Crippen LogP contribution is 2.30. The van der Waals surface area contributed by atoms with Gasteiger partial charge in [-0.05, 0) is 56.0 Å². The summed E-state index contributed by atoms with van der Waals surface area (Å²) in [5, 5.41) is 3.93. The van der Waals surface area contributed by atoms with Gasteiger partial charge in [0.1, 0.15) is 5.58 Å². The van der Waals surface area contributed by atoms with Crippen LogP contribution in [0.1, 0.15) is 45.7 Å². The smallest absolute Gasteiger partial charge is 0.290 e. The molecule has 0 spiro atoms. The summed E-state index contributed by atoms with van der Waals surface area (Å²) in [5.41, 5.74) is 4.78. The lowest BCUT2D eigenvalue weighted by molar-refractivity contribution is -0.119. The van der Waals surface area contributed by atoms with E-state index in [4.69, 9.17) is 4.42 Å². The van der Waals surface area contributed by atoms with Gasteiger partial charge in [0.25, 0.3) is 5.91 Å². The summed E-state index contributed by atoms with van der Waals surface area (Å²) in [6.07, 6.45) is 4.67. The lowest BCUT2D eigenvalue weighted by Crippen LogP contribution is -2.41. The van der Waals surface area contributed by atoms with E-state index in [9.17, 15) is 9.59 Å². The Morgan fingerprint density at radius 1 is 1.17 bits per heavy atom. The molecule has 1 saturated heterocycles. The zero-order valence-electron chi connectivity index (χ0n) is 17.0. The van der Waals surface area contributed by atoms with Crippen LogP contribution in [0.15, 0.2) is 41.1 Å². The van der Waals surface area contributed by atoms with Crippen LogP contribution in [0.4, 0.5) is 0 Å². The second-order valence-electron chi connectivity index (χ2n) is 7.78. The average molecular weight is 391 g/mol. The Morgan fingerprint density at radius 3 is 2.62 bits per heavy atom. The molecule has 3 heterocycles. The molecule has 3 aromatic rings. The van der Waals surface area contributed by atoms with Crippen molar-refractivity contribution in [2.75, 3.05) is 6.54 Å². The number of hydrogen-bond acceptors (Lipinski definition) is 4. The third kappa shape index (κ3) is 3.75. The summed E-state index contributed by atoms with van der Waals surface area (Å²) in [6.45, 7) is 6.85. The number of fused-ring (bicyclic) bond motifs is 1. The van der Waals surface area contributed by atoms with Gasteiger partial charge in [-0.25, -0.2) is 0 Å². The number of carbonyl (C=O) groups excluding carboxylic acids is 2. The Labute approximate surface area is 169 Å². The zero-order valence-corrected chi connectivity index (χ0v) is 17.0. The van der Waals surface area contributed by atoms with E-state index in [1.807, 2.05) is 39.0 Å². The fourth-order valence-electron chi connectivity index (χ4n) is 3.87. The molecular formula is C23H25N3O3. The predicted octanol–water partition coefficient (Wildman–Crippen LogP) is 3.67. The van der Waals surface area contributed by atoms with E-state index < -0.39 is 0 Å². The van der Waals surface area contributed by atoms with E-state index in [2.05, 4.69) is 16.4 Å². The first kappa shape index (κ1) is 19.2. The van der Waals surface area contributed by atoms with E-state index in [1.165, 1.54) is 0 Å². The van der Waals surface area contributed by atoms with Crippen LogP contribution in [0.2, 0.25) is 0 Å². The minimum atomic E-state index is -0.159. The van der Waals surface area contributed by atoms with Crippen molar-refractivity contribution >= 4 is 22.8 Å². The highest BCUT2D eigenvalue weighted by molar-refractivity contribution is 5.99. The molecule has 1 aromatic carbocycles. The van der Waals surface area contributed by atoms with Gasteiger partial charge in [-0.2, -0.15) is 0 Å². The van der Waals surface area contributed by atoms with Crippen molar-refractivity contribution < 1.29 is 14.0 Å². The van der Waals surface area contributed by atoms with Gasteiger partial charge in [0.15, 0.2) is 5.76 Å². The highest BCUT2D eigenvalue weighted by atomic mass is 16.3. The summed E-state index contributed by atoms with van der Waals surface area (Å²) < 4.78 is 6.09. The van der Waals surface area contributed by atoms with E-state index in [0.29, 0.717) is 25.3 Å². The standard InChI is InChI=1S/C23H25N3O3/c1-14-4-6-19-16(3)22(29-21(19)15(14)2)23(28)26(12-17-8-10-24-11-9-17)13-18-5-7-20(27)25-18/h4,6,8-11,18H,5,7,12-13H2,1-3H3,(H,25,27)/t18-/m0/s1. The molecule has 150 valence electrons. The number of hydrogen-bond donors (Lipinski definition) is 1. The van der Waals surface area contributed by atoms with Crippen molar-refractivity contribution in [2.45, 2.75) is 46.2 Å². The fourth-order valence-corrected chi connectivity index (χ4v) is 3.87. The molecule has 0 bridgehead atoms. The van der Waals surface area contributed by atoms with E-state index in [0.717, 1.165) is 39.6 Å². The Bertz CT molecular complexity index is 1070. The molecule has 6 nitrogen and oxygen atoms in total. The third-order valence-electron chi connectivity index (χ3n) is 5.76. The number of nitrogens with one attached hydrogen (secondary N) is 1. The number of aryl methyl sites for hydroxylation is 3. The number of furan rings is 1. The largest absolute Gasteiger partial charge is 0.450 e. The van der Waals surface area contributed by atoms with Gasteiger partial charge >= 0.3 is 0 Å². The Morgan fingerprint density at radius 2 is 1.93 bits per heavy atom. The third-order valence-corrected chi connectivity index (χ3v) is 5.76. The van der Waals surface area contributed by atoms with Crippen LogP contribution in [0.3, 0.4) is 0 Å². The molecule has 1 N–H and O–H groups in total. The maximum absolute atomic E-state index is 13.5. The number of rotatable bonds is 5. The number of aromatic nitrogens is 1. The molecule has 1 fully saturated rings. The first-order chi connectivity index (χ1) is 13.9. The van der Waals surface area contributed by atoms with Crippen LogP contribution in [-0.4, -0.2) is 34.3 Å². The Balaban J connectivity index is 1.68. The van der Waals surface area contributed by atoms with Crippen molar-refractivity contribution in [3.63, 3.8) is 0 Å². The Kier molecular flexibility index (Phi) is 5.09. The van der Waals surface area contributed by atoms with Crippen molar-refractivity contribution in [3.05, 3.63) is 64.7 Å². The first-order valence-corrected chi connectivity index (χ1v) is 9.91. The highest BCUT2D eigenvalue weighted by Gasteiger charge is 2.29. The molecule has 6 heteroatoms. The van der Waals surface area contributed by atoms with Crippen LogP contribution in [0.25, 0.3) is 11.0 Å². The second kappa shape index (κ2) is 7.70. The van der Waals surface area contributed by atoms with Crippen LogP contribution >= 0.6 is 0 Å². The van der Waals surface area contributed by atoms with Gasteiger partial charge in [-0.3, -0.25) is 14.6 Å². The summed E-state index contributed by atoms with van der Waals surface area (Å²) >= 11 is 0. The summed E-state index contributed by atoms with van der Waals surface area (Å²) in [6, 6.07) is 7.82. The minimum absolute atomic E-state index is 0.0392. The van der Waals surface area contributed by atoms with E-state index >= 15 is 0 Å². The molecule has 0 radical (unpaired) electrons. The number of nitrogens with zero attached hydrogens (tertiary/aromatic N) is 2. The van der Waals surface area contributed by atoms with Crippen LogP contribution in [-0.2, 0) is 11.3 Å². The monoisotopic (exact) mass is 391 g/mol. The maximum atomic E-state index is 13.5. The van der Waals surface area contributed by atoms with Gasteiger partial charge in [-0.15, -0.1) is 0 Å². The molecule has 0 aliphatic carbocycles. The molecule has 1 aliphatic heterocycles. The van der Waals surface area contributed by atoms with E-state index in [1.54, 1.807) is 17.3 Å². The Hall–Kier alpha value is -3.15. The molecule has 2 aromatic heterocycles. The molecule has 4 rings (SSSR count). The lowest BCUT2D eigenvalue weighted by atomic mass is 10.0. The van der Waals surface area contributed by atoms with E-state index in [-0.39, 0.29) is 17.9 Å². The van der Waals surface area contributed by atoms with Crippen LogP contribution < -0.4 is 5.32 Å². The summed E-state index contributed by atoms with van der Waals surface area (Å²) in [7, 11) is 0. The lowest BCUT2D eigenvalue weighted by Gasteiger charge is -2.25. The normalized spacial score (nSPS) is 16.2. The summed E-state index contributed by atoms with van der Waals surface area (Å²) in [4.78, 5) is 31.0. The summed E-state index contributed by atoms with van der Waals surface area (Å²) in [5.74, 6) is 0.248. The van der Waals surface area contributed by atoms with Gasteiger partial charge in [0.05, 0.1) is 0 Å². The molecule has 1 atom stereocenters. The quantitative estimate of drug-likeness (QED) is 0.720. The van der Waals surface area contributed by atoms with Crippen LogP contribution in [0, 0.1) is 20.8 Å². The van der Waals surface area contributed by atoms with Gasteiger partial charge in [0.2, 0.25) is 5.91 Å². The topological polar surface area (TPSA) is 75.4 Å². The van der Waals surface area contributed by atoms with Gasteiger partial charge in [-0.1, -0.05) is 12.1 Å². The van der Waals surface area contributed by atoms with Crippen molar-refractivity contribution in [1.29, 1.82) is 0 Å². The fraction of sp³-hybridized carbons (Fsp3) is 0.348. The van der Waals surface area contributed by atoms with Crippen molar-refractivity contribution in [1.82, 2.24) is 15.2 Å². The molecular weight excluding hydrogens is 366 g/mol. The average Bonchev–Trinajstić information content (AvgIpc) is 3.28. The van der Waals surface area contributed by atoms with Gasteiger partial charge < -0.3 is 14.6 Å². The SMILES string of the molecule is Cc1ccc2c(C)c(C(=O)N(Cc3ccncc3)C[C@@H]3CCC(=O)N3)oc2c1C. The number of amides is 2. The zero-order chi connectivity index (χ0) is 20.5. The number of benzene rings is 1.